The van der Waals surface area contributed by atoms with Gasteiger partial charge in [0, 0.05) is 12.1 Å². The second-order valence-electron chi connectivity index (χ2n) is 5.29. The van der Waals surface area contributed by atoms with Gasteiger partial charge in [0.2, 0.25) is 0 Å². The molecule has 0 saturated carbocycles. The average molecular weight is 283 g/mol. The molecule has 0 radical (unpaired) electrons. The topological polar surface area (TPSA) is 57.6 Å². The number of aliphatic hydroxyl groups excluding tert-OH is 1. The molecule has 0 bridgehead atoms. The van der Waals surface area contributed by atoms with Crippen molar-refractivity contribution in [2.75, 3.05) is 11.5 Å². The third-order valence-corrected chi connectivity index (χ3v) is 5.64. The minimum Gasteiger partial charge on any atom is -1.00 e. The molecule has 2 saturated heterocycles. The Hall–Kier alpha value is 0.160. The molecule has 0 aromatic carbocycles. The summed E-state index contributed by atoms with van der Waals surface area (Å²) in [4.78, 5) is 2.22. The van der Waals surface area contributed by atoms with E-state index in [1.54, 1.807) is 0 Å². The molecular weight excluding hydrogens is 262 g/mol. The van der Waals surface area contributed by atoms with Gasteiger partial charge in [-0.15, -0.1) is 0 Å². The molecule has 4 nitrogen and oxygen atoms in total. The van der Waals surface area contributed by atoms with Crippen molar-refractivity contribution in [2.45, 2.75) is 57.3 Å². The highest BCUT2D eigenvalue weighted by atomic mass is 35.5. The van der Waals surface area contributed by atoms with Gasteiger partial charge in [-0.25, -0.2) is 8.42 Å². The molecule has 0 aliphatic carbocycles. The summed E-state index contributed by atoms with van der Waals surface area (Å²) in [5.74, 6) is 0.0659. The molecule has 2 aliphatic rings. The molecule has 17 heavy (non-hydrogen) atoms. The Balaban J connectivity index is 0.00000144. The van der Waals surface area contributed by atoms with Gasteiger partial charge in [-0.2, -0.15) is 0 Å². The fourth-order valence-electron chi connectivity index (χ4n) is 3.19. The van der Waals surface area contributed by atoms with E-state index >= 15 is 0 Å². The number of sulfone groups is 1. The van der Waals surface area contributed by atoms with Crippen LogP contribution in [0.5, 0.6) is 0 Å². The van der Waals surface area contributed by atoms with Crippen molar-refractivity contribution in [3.05, 3.63) is 0 Å². The van der Waals surface area contributed by atoms with E-state index in [2.05, 4.69) is 18.7 Å². The molecule has 102 valence electrons. The molecule has 1 N–H and O–H groups in total. The Morgan fingerprint density at radius 2 is 1.65 bits per heavy atom. The van der Waals surface area contributed by atoms with Gasteiger partial charge in [-0.3, -0.25) is 4.90 Å². The first kappa shape index (κ1) is 15.2. The van der Waals surface area contributed by atoms with Crippen LogP contribution in [0.2, 0.25) is 0 Å². The summed E-state index contributed by atoms with van der Waals surface area (Å²) in [6, 6.07) is 0.587. The van der Waals surface area contributed by atoms with Gasteiger partial charge in [-0.1, -0.05) is 6.42 Å². The van der Waals surface area contributed by atoms with Gasteiger partial charge in [0.05, 0.1) is 23.7 Å². The number of hydrogen-bond donors (Lipinski definition) is 1. The lowest BCUT2D eigenvalue weighted by Crippen LogP contribution is -3.00. The molecule has 0 aromatic rings. The van der Waals surface area contributed by atoms with Gasteiger partial charge in [0.25, 0.3) is 0 Å². The summed E-state index contributed by atoms with van der Waals surface area (Å²) >= 11 is 0. The van der Waals surface area contributed by atoms with E-state index in [1.807, 2.05) is 0 Å². The molecule has 0 amide bonds. The van der Waals surface area contributed by atoms with Crippen LogP contribution < -0.4 is 12.4 Å². The number of piperidine rings is 1. The third-order valence-electron chi connectivity index (χ3n) is 3.94. The molecule has 0 spiro atoms. The van der Waals surface area contributed by atoms with Gasteiger partial charge in [-0.05, 0) is 26.7 Å². The Morgan fingerprint density at radius 1 is 1.12 bits per heavy atom. The van der Waals surface area contributed by atoms with Gasteiger partial charge >= 0.3 is 0 Å². The zero-order valence-corrected chi connectivity index (χ0v) is 11.9. The van der Waals surface area contributed by atoms with Crippen LogP contribution in [0, 0.1) is 0 Å². The number of hydrogen-bond acceptors (Lipinski definition) is 4. The van der Waals surface area contributed by atoms with Crippen LogP contribution in [0.15, 0.2) is 0 Å². The van der Waals surface area contributed by atoms with Crippen molar-refractivity contribution < 1.29 is 25.9 Å². The predicted molar refractivity (Wildman–Crippen MR) is 63.1 cm³/mol. The minimum absolute atomic E-state index is 0. The van der Waals surface area contributed by atoms with Crippen molar-refractivity contribution >= 4 is 9.84 Å². The van der Waals surface area contributed by atoms with Crippen molar-refractivity contribution in [3.8, 4) is 0 Å². The molecule has 6 heteroatoms. The number of halogens is 1. The normalized spacial score (nSPS) is 42.1. The fourth-order valence-corrected chi connectivity index (χ4v) is 4.98. The van der Waals surface area contributed by atoms with Crippen LogP contribution in [0.25, 0.3) is 0 Å². The zero-order valence-electron chi connectivity index (χ0n) is 10.3. The Bertz CT molecular complexity index is 350. The molecule has 4 unspecified atom stereocenters. The lowest BCUT2D eigenvalue weighted by molar-refractivity contribution is -0.00000787. The van der Waals surface area contributed by atoms with Crippen LogP contribution >= 0.6 is 0 Å². The number of rotatable bonds is 1. The first-order valence-electron chi connectivity index (χ1n) is 6.06. The van der Waals surface area contributed by atoms with E-state index in [9.17, 15) is 13.5 Å². The summed E-state index contributed by atoms with van der Waals surface area (Å²) in [6.45, 7) is 4.26. The maximum atomic E-state index is 11.5. The molecule has 0 aromatic heterocycles. The maximum absolute atomic E-state index is 11.5. The second-order valence-corrected chi connectivity index (χ2v) is 7.44. The second kappa shape index (κ2) is 5.43. The standard InChI is InChI=1S/C11H21NO3S.ClH/c1-8-4-3-5-9(2)12(8)10-6-16(14,15)7-11(10)13;/h8-11,13H,3-7H2,1-2H3;1H/p-1. The first-order chi connectivity index (χ1) is 7.41. The first-order valence-corrected chi connectivity index (χ1v) is 7.89. The van der Waals surface area contributed by atoms with E-state index in [4.69, 9.17) is 0 Å². The smallest absolute Gasteiger partial charge is 0.154 e. The van der Waals surface area contributed by atoms with Crippen LogP contribution in [-0.4, -0.2) is 54.2 Å². The van der Waals surface area contributed by atoms with Crippen molar-refractivity contribution in [1.82, 2.24) is 4.90 Å². The van der Waals surface area contributed by atoms with E-state index in [0.29, 0.717) is 12.1 Å². The maximum Gasteiger partial charge on any atom is 0.154 e. The van der Waals surface area contributed by atoms with Crippen molar-refractivity contribution in [3.63, 3.8) is 0 Å². The minimum atomic E-state index is -3.03. The zero-order chi connectivity index (χ0) is 11.9. The predicted octanol–water partition coefficient (Wildman–Crippen LogP) is -2.59. The van der Waals surface area contributed by atoms with Crippen LogP contribution in [0.1, 0.15) is 33.1 Å². The quantitative estimate of drug-likeness (QED) is 0.574. The number of aliphatic hydroxyl groups is 1. The molecule has 4 atom stereocenters. The number of likely N-dealkylation sites (tertiary alicyclic amines) is 1. The summed E-state index contributed by atoms with van der Waals surface area (Å²) in [7, 11) is -3.03. The third kappa shape index (κ3) is 3.13. The van der Waals surface area contributed by atoms with Crippen LogP contribution in [-0.2, 0) is 9.84 Å². The molecule has 2 fully saturated rings. The molecule has 2 aliphatic heterocycles. The van der Waals surface area contributed by atoms with Gasteiger partial charge in [0.1, 0.15) is 0 Å². The lowest BCUT2D eigenvalue weighted by Gasteiger charge is -2.43. The highest BCUT2D eigenvalue weighted by molar-refractivity contribution is 7.91. The van der Waals surface area contributed by atoms with Crippen molar-refractivity contribution in [1.29, 1.82) is 0 Å². The Labute approximate surface area is 110 Å². The highest BCUT2D eigenvalue weighted by Gasteiger charge is 2.43. The molecular formula is C11H21ClNO3S-. The van der Waals surface area contributed by atoms with Crippen LogP contribution in [0.4, 0.5) is 0 Å². The molecule has 2 heterocycles. The van der Waals surface area contributed by atoms with E-state index in [-0.39, 0.29) is 30.0 Å². The van der Waals surface area contributed by atoms with E-state index in [1.165, 1.54) is 6.42 Å². The van der Waals surface area contributed by atoms with E-state index < -0.39 is 15.9 Å². The average Bonchev–Trinajstić information content (AvgIpc) is 2.39. The monoisotopic (exact) mass is 282 g/mol. The number of nitrogens with zero attached hydrogens (tertiary/aromatic N) is 1. The van der Waals surface area contributed by atoms with Crippen LogP contribution in [0.3, 0.4) is 0 Å². The summed E-state index contributed by atoms with van der Waals surface area (Å²) < 4.78 is 23.0. The van der Waals surface area contributed by atoms with Gasteiger partial charge in [0.15, 0.2) is 9.84 Å². The Morgan fingerprint density at radius 3 is 2.06 bits per heavy atom. The molecule has 2 rings (SSSR count). The Kier molecular flexibility index (Phi) is 4.86. The van der Waals surface area contributed by atoms with Crippen molar-refractivity contribution in [2.24, 2.45) is 0 Å². The summed E-state index contributed by atoms with van der Waals surface area (Å²) in [6.07, 6.45) is 2.71. The summed E-state index contributed by atoms with van der Waals surface area (Å²) in [5.41, 5.74) is 0. The highest BCUT2D eigenvalue weighted by Crippen LogP contribution is 2.29. The summed E-state index contributed by atoms with van der Waals surface area (Å²) in [5, 5.41) is 9.89. The fraction of sp³-hybridized carbons (Fsp3) is 1.00. The lowest BCUT2D eigenvalue weighted by atomic mass is 9.94. The largest absolute Gasteiger partial charge is 1.00 e. The SMILES string of the molecule is CC1CCCC(C)N1C1CS(=O)(=O)CC1O.[Cl-]. The van der Waals surface area contributed by atoms with E-state index in [0.717, 1.165) is 12.8 Å². The van der Waals surface area contributed by atoms with Gasteiger partial charge < -0.3 is 17.5 Å².